The van der Waals surface area contributed by atoms with E-state index in [1.54, 1.807) is 6.92 Å². The van der Waals surface area contributed by atoms with Crippen molar-refractivity contribution in [1.29, 1.82) is 0 Å². The number of nitrogens with zero attached hydrogens (tertiary/aromatic N) is 1. The molecule has 0 aliphatic heterocycles. The molecule has 0 saturated heterocycles. The molecule has 0 radical (unpaired) electrons. The van der Waals surface area contributed by atoms with E-state index in [1.165, 1.54) is 0 Å². The summed E-state index contributed by atoms with van der Waals surface area (Å²) in [5.41, 5.74) is 16.5. The van der Waals surface area contributed by atoms with Crippen LogP contribution < -0.4 is 33.2 Å². The lowest BCUT2D eigenvalue weighted by Crippen LogP contribution is -2.54. The quantitative estimate of drug-likeness (QED) is 0.0882. The minimum Gasteiger partial charge on any atom is -0.480 e. The van der Waals surface area contributed by atoms with E-state index in [2.05, 4.69) is 20.9 Å². The number of rotatable bonds is 15. The lowest BCUT2D eigenvalue weighted by atomic mass is 9.99. The van der Waals surface area contributed by atoms with Gasteiger partial charge in [0.25, 0.3) is 0 Å². The molecule has 0 fully saturated rings. The molecule has 0 aromatic carbocycles. The maximum Gasteiger partial charge on any atom is 0.326 e. The van der Waals surface area contributed by atoms with Crippen LogP contribution in [0.3, 0.4) is 0 Å². The largest absolute Gasteiger partial charge is 0.480 e. The second-order valence-electron chi connectivity index (χ2n) is 8.23. The third-order valence-corrected chi connectivity index (χ3v) is 4.86. The smallest absolute Gasteiger partial charge is 0.326 e. The summed E-state index contributed by atoms with van der Waals surface area (Å²) in [6, 6.07) is -2.79. The van der Waals surface area contributed by atoms with Crippen LogP contribution in [0.4, 0.5) is 0 Å². The van der Waals surface area contributed by atoms with Crippen LogP contribution in [0.2, 0.25) is 0 Å². The van der Waals surface area contributed by atoms with Gasteiger partial charge in [-0.3, -0.25) is 19.4 Å². The number of carboxylic acids is 1. The van der Waals surface area contributed by atoms with Gasteiger partial charge in [-0.1, -0.05) is 34.1 Å². The van der Waals surface area contributed by atoms with Gasteiger partial charge in [-0.15, -0.1) is 0 Å². The maximum absolute atomic E-state index is 12.6. The first kappa shape index (κ1) is 29.1. The minimum atomic E-state index is -1.15. The molecule has 10 N–H and O–H groups in total. The Balaban J connectivity index is 5.02. The number of nitrogens with two attached hydrogens (primary N) is 3. The van der Waals surface area contributed by atoms with Crippen molar-refractivity contribution in [3.05, 3.63) is 0 Å². The van der Waals surface area contributed by atoms with Gasteiger partial charge in [-0.05, 0) is 31.1 Å². The van der Waals surface area contributed by atoms with Crippen LogP contribution >= 0.6 is 0 Å². The van der Waals surface area contributed by atoms with Gasteiger partial charge >= 0.3 is 5.97 Å². The van der Waals surface area contributed by atoms with Crippen molar-refractivity contribution in [2.75, 3.05) is 13.1 Å². The van der Waals surface area contributed by atoms with E-state index in [-0.39, 0.29) is 30.8 Å². The number of aliphatic imine (C=N–C) groups is 1. The third-order valence-electron chi connectivity index (χ3n) is 4.86. The predicted molar refractivity (Wildman–Crippen MR) is 121 cm³/mol. The van der Waals surface area contributed by atoms with Crippen molar-refractivity contribution in [1.82, 2.24) is 16.0 Å². The summed E-state index contributed by atoms with van der Waals surface area (Å²) in [5, 5.41) is 16.7. The van der Waals surface area contributed by atoms with Crippen molar-refractivity contribution in [3.63, 3.8) is 0 Å². The van der Waals surface area contributed by atoms with Crippen LogP contribution in [0, 0.1) is 11.8 Å². The highest BCUT2D eigenvalue weighted by Crippen LogP contribution is 2.08. The number of carbonyl (C=O) groups excluding carboxylic acids is 3. The van der Waals surface area contributed by atoms with Gasteiger partial charge in [0.1, 0.15) is 12.1 Å². The molecule has 0 bridgehead atoms. The van der Waals surface area contributed by atoms with Crippen LogP contribution in [0.15, 0.2) is 4.99 Å². The number of amides is 3. The van der Waals surface area contributed by atoms with E-state index in [0.29, 0.717) is 19.3 Å². The first-order valence-electron chi connectivity index (χ1n) is 10.8. The lowest BCUT2D eigenvalue weighted by molar-refractivity contribution is -0.143. The molecular weight excluding hydrogens is 418 g/mol. The first-order valence-corrected chi connectivity index (χ1v) is 10.8. The summed E-state index contributed by atoms with van der Waals surface area (Å²) in [6.07, 6.45) is 1.62. The summed E-state index contributed by atoms with van der Waals surface area (Å²) in [7, 11) is 0. The van der Waals surface area contributed by atoms with Gasteiger partial charge in [0.05, 0.1) is 12.6 Å². The maximum atomic E-state index is 12.6. The molecule has 3 amide bonds. The van der Waals surface area contributed by atoms with Crippen molar-refractivity contribution in [2.24, 2.45) is 34.0 Å². The van der Waals surface area contributed by atoms with Gasteiger partial charge < -0.3 is 38.3 Å². The Hall–Kier alpha value is -2.89. The van der Waals surface area contributed by atoms with Crippen molar-refractivity contribution in [3.8, 4) is 0 Å². The van der Waals surface area contributed by atoms with Crippen molar-refractivity contribution < 1.29 is 24.3 Å². The topological polar surface area (TPSA) is 215 Å². The summed E-state index contributed by atoms with van der Waals surface area (Å²) >= 11 is 0. The first-order chi connectivity index (χ1) is 14.9. The fraction of sp³-hybridized carbons (Fsp3) is 0.750. The molecule has 32 heavy (non-hydrogen) atoms. The Morgan fingerprint density at radius 2 is 1.66 bits per heavy atom. The standard InChI is InChI=1S/C20H39N7O5/c1-5-12(4)16(19(31)32)27-15(28)10-25-18(30)14(7-6-8-24-20(22)23)26-17(29)13(21)9-11(2)3/h11-14,16H,5-10,21H2,1-4H3,(H,25,30)(H,26,29)(H,27,28)(H,31,32)(H4,22,23,24). The fourth-order valence-corrected chi connectivity index (χ4v) is 2.86. The molecule has 4 unspecified atom stereocenters. The zero-order valence-electron chi connectivity index (χ0n) is 19.4. The molecule has 0 aromatic heterocycles. The Kier molecular flexibility index (Phi) is 13.6. The number of hydrogen-bond donors (Lipinski definition) is 7. The average Bonchev–Trinajstić information content (AvgIpc) is 2.70. The third kappa shape index (κ3) is 12.1. The molecule has 0 heterocycles. The zero-order valence-corrected chi connectivity index (χ0v) is 19.4. The SMILES string of the molecule is CCC(C)C(NC(=O)CNC(=O)C(CCCN=C(N)N)NC(=O)C(N)CC(C)C)C(=O)O. The highest BCUT2D eigenvalue weighted by molar-refractivity contribution is 5.92. The summed E-state index contributed by atoms with van der Waals surface area (Å²) in [5.74, 6) is -3.03. The van der Waals surface area contributed by atoms with Gasteiger partial charge in [0, 0.05) is 6.54 Å². The molecule has 12 nitrogen and oxygen atoms in total. The van der Waals surface area contributed by atoms with Crippen molar-refractivity contribution >= 4 is 29.7 Å². The van der Waals surface area contributed by atoms with E-state index in [1.807, 2.05) is 20.8 Å². The molecule has 0 spiro atoms. The van der Waals surface area contributed by atoms with Gasteiger partial charge in [-0.2, -0.15) is 0 Å². The molecule has 0 rings (SSSR count). The average molecular weight is 458 g/mol. The normalized spacial score (nSPS) is 14.6. The van der Waals surface area contributed by atoms with Gasteiger partial charge in [0.2, 0.25) is 17.7 Å². The highest BCUT2D eigenvalue weighted by Gasteiger charge is 2.27. The van der Waals surface area contributed by atoms with E-state index in [0.717, 1.165) is 0 Å². The second-order valence-corrected chi connectivity index (χ2v) is 8.23. The van der Waals surface area contributed by atoms with Crippen LogP contribution in [0.1, 0.15) is 53.4 Å². The van der Waals surface area contributed by atoms with Crippen LogP contribution in [0.5, 0.6) is 0 Å². The van der Waals surface area contributed by atoms with Crippen LogP contribution in [0.25, 0.3) is 0 Å². The van der Waals surface area contributed by atoms with E-state index in [9.17, 15) is 24.3 Å². The molecule has 4 atom stereocenters. The number of carboxylic acid groups (broad SMARTS) is 1. The second kappa shape index (κ2) is 15.0. The molecule has 12 heteroatoms. The molecule has 0 aliphatic rings. The number of hydrogen-bond acceptors (Lipinski definition) is 6. The summed E-state index contributed by atoms with van der Waals surface area (Å²) in [6.45, 7) is 7.20. The number of nitrogens with one attached hydrogen (secondary N) is 3. The Morgan fingerprint density at radius 1 is 1.03 bits per heavy atom. The molecule has 0 saturated carbocycles. The van der Waals surface area contributed by atoms with Crippen molar-refractivity contribution in [2.45, 2.75) is 71.5 Å². The molecular formula is C20H39N7O5. The zero-order chi connectivity index (χ0) is 24.8. The summed E-state index contributed by atoms with van der Waals surface area (Å²) < 4.78 is 0. The summed E-state index contributed by atoms with van der Waals surface area (Å²) in [4.78, 5) is 52.3. The minimum absolute atomic E-state index is 0.0834. The molecule has 0 aromatic rings. The molecule has 0 aliphatic carbocycles. The van der Waals surface area contributed by atoms with Gasteiger partial charge in [0.15, 0.2) is 5.96 Å². The van der Waals surface area contributed by atoms with E-state index in [4.69, 9.17) is 17.2 Å². The van der Waals surface area contributed by atoms with Crippen LogP contribution in [-0.4, -0.2) is 66.0 Å². The monoisotopic (exact) mass is 457 g/mol. The Bertz CT molecular complexity index is 665. The number of carbonyl (C=O) groups is 4. The van der Waals surface area contributed by atoms with E-state index < -0.39 is 48.4 Å². The Labute approximate surface area is 189 Å². The lowest BCUT2D eigenvalue weighted by Gasteiger charge is -2.22. The fourth-order valence-electron chi connectivity index (χ4n) is 2.86. The number of aliphatic carboxylic acids is 1. The molecule has 184 valence electrons. The Morgan fingerprint density at radius 3 is 2.16 bits per heavy atom. The van der Waals surface area contributed by atoms with E-state index >= 15 is 0 Å². The van der Waals surface area contributed by atoms with Crippen LogP contribution in [-0.2, 0) is 19.2 Å². The highest BCUT2D eigenvalue weighted by atomic mass is 16.4. The number of guanidine groups is 1. The van der Waals surface area contributed by atoms with Gasteiger partial charge in [-0.25, -0.2) is 4.79 Å². The predicted octanol–water partition coefficient (Wildman–Crippen LogP) is -1.37.